The van der Waals surface area contributed by atoms with E-state index in [1.807, 2.05) is 0 Å². The van der Waals surface area contributed by atoms with Crippen molar-refractivity contribution in [2.45, 2.75) is 18.9 Å². The van der Waals surface area contributed by atoms with E-state index in [1.165, 1.54) is 0 Å². The van der Waals surface area contributed by atoms with Gasteiger partial charge in [0.2, 0.25) is 5.91 Å². The van der Waals surface area contributed by atoms with Crippen molar-refractivity contribution in [3.8, 4) is 0 Å². The molecule has 1 heterocycles. The maximum absolute atomic E-state index is 11.0. The van der Waals surface area contributed by atoms with Gasteiger partial charge in [0, 0.05) is 13.7 Å². The summed E-state index contributed by atoms with van der Waals surface area (Å²) in [5.41, 5.74) is 2.12. The third kappa shape index (κ3) is 3.30. The average molecular weight is 187 g/mol. The van der Waals surface area contributed by atoms with E-state index in [0.29, 0.717) is 6.54 Å². The predicted molar refractivity (Wildman–Crippen MR) is 48.8 cm³/mol. The topological polar surface area (TPSA) is 67.6 Å². The average Bonchev–Trinajstić information content (AvgIpc) is 2.18. The lowest BCUT2D eigenvalue weighted by atomic mass is 10.1. The van der Waals surface area contributed by atoms with Crippen LogP contribution in [0.5, 0.6) is 0 Å². The number of hydrogen-bond acceptors (Lipinski definition) is 4. The van der Waals surface area contributed by atoms with E-state index >= 15 is 0 Å². The lowest BCUT2D eigenvalue weighted by Gasteiger charge is -2.30. The number of nitrogens with zero attached hydrogens (tertiary/aromatic N) is 1. The van der Waals surface area contributed by atoms with Crippen LogP contribution in [0.2, 0.25) is 0 Å². The number of carbonyl (C=O) groups excluding carboxylic acids is 1. The van der Waals surface area contributed by atoms with Crippen molar-refractivity contribution in [2.24, 2.45) is 5.84 Å². The zero-order valence-corrected chi connectivity index (χ0v) is 7.95. The molecular formula is C8H17N3O2. The molecule has 3 N–H and O–H groups in total. The second-order valence-electron chi connectivity index (χ2n) is 3.30. The van der Waals surface area contributed by atoms with Gasteiger partial charge in [0.25, 0.3) is 0 Å². The highest BCUT2D eigenvalue weighted by Crippen LogP contribution is 2.11. The standard InChI is InChI=1S/C8H17N3O2/c1-13-7-3-2-4-11(5-7)6-8(12)10-9/h7H,2-6,9H2,1H3,(H,10,12). The van der Waals surface area contributed by atoms with Gasteiger partial charge in [-0.1, -0.05) is 0 Å². The highest BCUT2D eigenvalue weighted by molar-refractivity contribution is 5.77. The molecule has 13 heavy (non-hydrogen) atoms. The first-order valence-corrected chi connectivity index (χ1v) is 4.51. The van der Waals surface area contributed by atoms with Gasteiger partial charge in [-0.25, -0.2) is 5.84 Å². The fraction of sp³-hybridized carbons (Fsp3) is 0.875. The van der Waals surface area contributed by atoms with Crippen LogP contribution in [-0.4, -0.2) is 43.7 Å². The van der Waals surface area contributed by atoms with E-state index in [2.05, 4.69) is 10.3 Å². The van der Waals surface area contributed by atoms with Crippen LogP contribution in [0.25, 0.3) is 0 Å². The zero-order valence-electron chi connectivity index (χ0n) is 7.95. The van der Waals surface area contributed by atoms with Crippen LogP contribution < -0.4 is 11.3 Å². The molecule has 5 heteroatoms. The van der Waals surface area contributed by atoms with Crippen molar-refractivity contribution in [2.75, 3.05) is 26.7 Å². The molecule has 0 aromatic heterocycles. The summed E-state index contributed by atoms with van der Waals surface area (Å²) in [4.78, 5) is 13.0. The Morgan fingerprint density at radius 1 is 1.77 bits per heavy atom. The Labute approximate surface area is 78.2 Å². The summed E-state index contributed by atoms with van der Waals surface area (Å²) in [7, 11) is 1.71. The smallest absolute Gasteiger partial charge is 0.248 e. The molecule has 1 saturated heterocycles. The molecule has 0 spiro atoms. The van der Waals surface area contributed by atoms with E-state index < -0.39 is 0 Å². The molecule has 0 aromatic carbocycles. The third-order valence-corrected chi connectivity index (χ3v) is 2.32. The first kappa shape index (κ1) is 10.4. The molecule has 0 aromatic rings. The molecular weight excluding hydrogens is 170 g/mol. The van der Waals surface area contributed by atoms with Crippen molar-refractivity contribution in [3.05, 3.63) is 0 Å². The van der Waals surface area contributed by atoms with Gasteiger partial charge in [0.1, 0.15) is 0 Å². The number of carbonyl (C=O) groups is 1. The molecule has 0 saturated carbocycles. The molecule has 1 aliphatic heterocycles. The Balaban J connectivity index is 2.29. The third-order valence-electron chi connectivity index (χ3n) is 2.32. The molecule has 0 aliphatic carbocycles. The largest absolute Gasteiger partial charge is 0.380 e. The minimum Gasteiger partial charge on any atom is -0.380 e. The second-order valence-corrected chi connectivity index (χ2v) is 3.30. The Morgan fingerprint density at radius 2 is 2.54 bits per heavy atom. The first-order chi connectivity index (χ1) is 6.26. The van der Waals surface area contributed by atoms with Gasteiger partial charge in [-0.15, -0.1) is 0 Å². The predicted octanol–water partition coefficient (Wildman–Crippen LogP) is -0.913. The van der Waals surface area contributed by atoms with E-state index in [1.54, 1.807) is 7.11 Å². The van der Waals surface area contributed by atoms with E-state index in [9.17, 15) is 4.79 Å². The Kier molecular flexibility index (Phi) is 4.14. The van der Waals surface area contributed by atoms with Gasteiger partial charge in [-0.3, -0.25) is 15.1 Å². The van der Waals surface area contributed by atoms with Gasteiger partial charge in [0.05, 0.1) is 12.6 Å². The maximum atomic E-state index is 11.0. The molecule has 76 valence electrons. The number of nitrogens with two attached hydrogens (primary N) is 1. The lowest BCUT2D eigenvalue weighted by molar-refractivity contribution is -0.123. The highest BCUT2D eigenvalue weighted by Gasteiger charge is 2.20. The Hall–Kier alpha value is -0.650. The van der Waals surface area contributed by atoms with Crippen LogP contribution in [0.3, 0.4) is 0 Å². The SMILES string of the molecule is COC1CCCN(CC(=O)NN)C1. The summed E-state index contributed by atoms with van der Waals surface area (Å²) in [6, 6.07) is 0. The van der Waals surface area contributed by atoms with Gasteiger partial charge in [-0.05, 0) is 19.4 Å². The van der Waals surface area contributed by atoms with Crippen LogP contribution in [0.1, 0.15) is 12.8 Å². The normalized spacial score (nSPS) is 24.3. The quantitative estimate of drug-likeness (QED) is 0.341. The van der Waals surface area contributed by atoms with Crippen LogP contribution >= 0.6 is 0 Å². The van der Waals surface area contributed by atoms with Crippen LogP contribution in [0.4, 0.5) is 0 Å². The number of likely N-dealkylation sites (tertiary alicyclic amines) is 1. The minimum atomic E-state index is -0.142. The van der Waals surface area contributed by atoms with Crippen LogP contribution in [0, 0.1) is 0 Å². The lowest BCUT2D eigenvalue weighted by Crippen LogP contribution is -2.46. The number of nitrogens with one attached hydrogen (secondary N) is 1. The fourth-order valence-electron chi connectivity index (χ4n) is 1.60. The number of piperidine rings is 1. The van der Waals surface area contributed by atoms with E-state index in [0.717, 1.165) is 25.9 Å². The van der Waals surface area contributed by atoms with Gasteiger partial charge >= 0.3 is 0 Å². The first-order valence-electron chi connectivity index (χ1n) is 4.51. The zero-order chi connectivity index (χ0) is 9.68. The van der Waals surface area contributed by atoms with Crippen molar-refractivity contribution < 1.29 is 9.53 Å². The monoisotopic (exact) mass is 187 g/mol. The molecule has 0 radical (unpaired) electrons. The summed E-state index contributed by atoms with van der Waals surface area (Å²) in [5, 5.41) is 0. The Bertz CT molecular complexity index is 175. The molecule has 0 bridgehead atoms. The molecule has 1 fully saturated rings. The maximum Gasteiger partial charge on any atom is 0.248 e. The molecule has 1 aliphatic rings. The van der Waals surface area contributed by atoms with Gasteiger partial charge in [0.15, 0.2) is 0 Å². The van der Waals surface area contributed by atoms with Crippen molar-refractivity contribution in [1.82, 2.24) is 10.3 Å². The highest BCUT2D eigenvalue weighted by atomic mass is 16.5. The van der Waals surface area contributed by atoms with Crippen LogP contribution in [0.15, 0.2) is 0 Å². The summed E-state index contributed by atoms with van der Waals surface area (Å²) >= 11 is 0. The second kappa shape index (κ2) is 5.16. The van der Waals surface area contributed by atoms with Gasteiger partial charge < -0.3 is 4.74 Å². The fourth-order valence-corrected chi connectivity index (χ4v) is 1.60. The van der Waals surface area contributed by atoms with Crippen molar-refractivity contribution >= 4 is 5.91 Å². The van der Waals surface area contributed by atoms with Crippen molar-refractivity contribution in [1.29, 1.82) is 0 Å². The molecule has 1 unspecified atom stereocenters. The summed E-state index contributed by atoms with van der Waals surface area (Å²) in [6.07, 6.45) is 2.42. The molecule has 1 amide bonds. The number of rotatable bonds is 3. The van der Waals surface area contributed by atoms with Crippen molar-refractivity contribution in [3.63, 3.8) is 0 Å². The minimum absolute atomic E-state index is 0.142. The number of amides is 1. The summed E-state index contributed by atoms with van der Waals surface area (Å²) in [6.45, 7) is 2.15. The molecule has 1 atom stereocenters. The number of hydrogen-bond donors (Lipinski definition) is 2. The summed E-state index contributed by atoms with van der Waals surface area (Å²) in [5.74, 6) is 4.86. The summed E-state index contributed by atoms with van der Waals surface area (Å²) < 4.78 is 5.23. The molecule has 5 nitrogen and oxygen atoms in total. The van der Waals surface area contributed by atoms with Gasteiger partial charge in [-0.2, -0.15) is 0 Å². The number of methoxy groups -OCH3 is 1. The van der Waals surface area contributed by atoms with Crippen LogP contribution in [-0.2, 0) is 9.53 Å². The molecule has 1 rings (SSSR count). The van der Waals surface area contributed by atoms with E-state index in [4.69, 9.17) is 10.6 Å². The van der Waals surface area contributed by atoms with E-state index in [-0.39, 0.29) is 12.0 Å². The Morgan fingerprint density at radius 3 is 3.15 bits per heavy atom. The number of hydrazine groups is 1. The number of ether oxygens (including phenoxy) is 1.